The molecule has 27 heavy (non-hydrogen) atoms. The van der Waals surface area contributed by atoms with E-state index in [1.54, 1.807) is 6.20 Å². The molecule has 2 aromatic rings. The summed E-state index contributed by atoms with van der Waals surface area (Å²) >= 11 is 0. The fraction of sp³-hybridized carbons (Fsp3) is 0.450. The molecule has 0 spiro atoms. The van der Waals surface area contributed by atoms with Crippen molar-refractivity contribution >= 4 is 17.5 Å². The van der Waals surface area contributed by atoms with Gasteiger partial charge in [-0.1, -0.05) is 0 Å². The van der Waals surface area contributed by atoms with Crippen LogP contribution in [0.5, 0.6) is 0 Å². The van der Waals surface area contributed by atoms with E-state index in [4.69, 9.17) is 4.42 Å². The van der Waals surface area contributed by atoms with Crippen LogP contribution in [0.2, 0.25) is 0 Å². The van der Waals surface area contributed by atoms with E-state index in [2.05, 4.69) is 20.9 Å². The normalized spacial score (nSPS) is 19.5. The van der Waals surface area contributed by atoms with Crippen molar-refractivity contribution in [1.82, 2.24) is 15.6 Å². The van der Waals surface area contributed by atoms with Crippen LogP contribution in [0.4, 0.5) is 5.69 Å². The van der Waals surface area contributed by atoms with E-state index in [1.165, 1.54) is 0 Å². The van der Waals surface area contributed by atoms with Gasteiger partial charge in [0.2, 0.25) is 11.8 Å². The zero-order chi connectivity index (χ0) is 19.2. The predicted octanol–water partition coefficient (Wildman–Crippen LogP) is 1.81. The third-order valence-electron chi connectivity index (χ3n) is 4.74. The molecule has 0 aliphatic carbocycles. The number of furan rings is 1. The van der Waals surface area contributed by atoms with Crippen LogP contribution >= 0.6 is 0 Å². The topological polar surface area (TPSA) is 96.3 Å². The fourth-order valence-corrected chi connectivity index (χ4v) is 3.20. The van der Waals surface area contributed by atoms with Crippen LogP contribution in [0.25, 0.3) is 0 Å². The number of nitrogens with one attached hydrogen (secondary N) is 3. The summed E-state index contributed by atoms with van der Waals surface area (Å²) in [5, 5.41) is 9.02. The minimum Gasteiger partial charge on any atom is -0.466 e. The van der Waals surface area contributed by atoms with Crippen molar-refractivity contribution in [2.75, 3.05) is 25.0 Å². The van der Waals surface area contributed by atoms with Gasteiger partial charge in [0.05, 0.1) is 23.7 Å². The molecule has 2 amide bonds. The summed E-state index contributed by atoms with van der Waals surface area (Å²) < 4.78 is 5.50. The van der Waals surface area contributed by atoms with Crippen molar-refractivity contribution in [1.29, 1.82) is 0 Å². The Labute approximate surface area is 158 Å². The maximum Gasteiger partial charge on any atom is 0.228 e. The molecule has 1 aliphatic heterocycles. The number of anilines is 1. The van der Waals surface area contributed by atoms with E-state index < -0.39 is 0 Å². The Hall–Kier alpha value is -2.67. The quantitative estimate of drug-likeness (QED) is 0.721. The van der Waals surface area contributed by atoms with E-state index in [0.29, 0.717) is 38.2 Å². The number of hydrogen-bond donors (Lipinski definition) is 3. The Morgan fingerprint density at radius 1 is 1.15 bits per heavy atom. The highest BCUT2D eigenvalue weighted by Gasteiger charge is 2.31. The van der Waals surface area contributed by atoms with Gasteiger partial charge < -0.3 is 20.4 Å². The summed E-state index contributed by atoms with van der Waals surface area (Å²) in [5.41, 5.74) is 1.57. The van der Waals surface area contributed by atoms with Crippen molar-refractivity contribution in [2.24, 2.45) is 11.8 Å². The molecule has 0 aromatic carbocycles. The number of carbonyl (C=O) groups is 2. The van der Waals surface area contributed by atoms with E-state index >= 15 is 0 Å². The van der Waals surface area contributed by atoms with Gasteiger partial charge in [0.15, 0.2) is 0 Å². The minimum atomic E-state index is -0.247. The van der Waals surface area contributed by atoms with Gasteiger partial charge in [-0.2, -0.15) is 0 Å². The van der Waals surface area contributed by atoms with Crippen molar-refractivity contribution in [3.05, 3.63) is 47.7 Å². The van der Waals surface area contributed by atoms with Crippen molar-refractivity contribution in [3.8, 4) is 0 Å². The minimum absolute atomic E-state index is 0.0275. The van der Waals surface area contributed by atoms with Crippen molar-refractivity contribution < 1.29 is 14.0 Å². The lowest BCUT2D eigenvalue weighted by molar-refractivity contribution is -0.127. The zero-order valence-corrected chi connectivity index (χ0v) is 15.7. The average Bonchev–Trinajstić information content (AvgIpc) is 3.08. The SMILES string of the molecule is Cc1ccc(NC(=O)[C@@H]2CNC[C@H](C(=O)NCCc3ccc(C)o3)C2)cn1. The maximum absolute atomic E-state index is 12.5. The first kappa shape index (κ1) is 19.1. The third-order valence-corrected chi connectivity index (χ3v) is 4.74. The van der Waals surface area contributed by atoms with E-state index in [1.807, 2.05) is 38.1 Å². The molecule has 0 unspecified atom stereocenters. The molecule has 7 heteroatoms. The monoisotopic (exact) mass is 370 g/mol. The standard InChI is InChI=1S/C20H26N4O3/c1-13-3-5-17(12-23-13)24-20(26)16-9-15(10-21-11-16)19(25)22-8-7-18-6-4-14(2)27-18/h3-6,12,15-16,21H,7-11H2,1-2H3,(H,22,25)(H,24,26)/t15-,16+/m1/s1. The lowest BCUT2D eigenvalue weighted by Crippen LogP contribution is -2.47. The van der Waals surface area contributed by atoms with Gasteiger partial charge in [-0.05, 0) is 44.5 Å². The van der Waals surface area contributed by atoms with Gasteiger partial charge >= 0.3 is 0 Å². The first-order chi connectivity index (χ1) is 13.0. The van der Waals surface area contributed by atoms with Crippen molar-refractivity contribution in [2.45, 2.75) is 26.7 Å². The summed E-state index contributed by atoms with van der Waals surface area (Å²) in [6.45, 7) is 5.47. The van der Waals surface area contributed by atoms with E-state index in [-0.39, 0.29) is 23.7 Å². The highest BCUT2D eigenvalue weighted by atomic mass is 16.3. The van der Waals surface area contributed by atoms with Crippen LogP contribution in [-0.2, 0) is 16.0 Å². The molecule has 0 bridgehead atoms. The first-order valence-electron chi connectivity index (χ1n) is 9.28. The number of aryl methyl sites for hydroxylation is 2. The number of nitrogens with zero attached hydrogens (tertiary/aromatic N) is 1. The molecule has 7 nitrogen and oxygen atoms in total. The van der Waals surface area contributed by atoms with Crippen LogP contribution in [-0.4, -0.2) is 36.4 Å². The molecule has 3 heterocycles. The molecule has 3 N–H and O–H groups in total. The summed E-state index contributed by atoms with van der Waals surface area (Å²) in [5.74, 6) is 1.15. The number of amides is 2. The largest absolute Gasteiger partial charge is 0.466 e. The molecule has 0 radical (unpaired) electrons. The number of rotatable bonds is 6. The van der Waals surface area contributed by atoms with Crippen LogP contribution in [0.15, 0.2) is 34.9 Å². The Morgan fingerprint density at radius 2 is 1.93 bits per heavy atom. The van der Waals surface area contributed by atoms with E-state index in [0.717, 1.165) is 17.2 Å². The molecule has 2 aromatic heterocycles. The second-order valence-electron chi connectivity index (χ2n) is 7.02. The van der Waals surface area contributed by atoms with Crippen molar-refractivity contribution in [3.63, 3.8) is 0 Å². The van der Waals surface area contributed by atoms with Gasteiger partial charge in [-0.15, -0.1) is 0 Å². The molecule has 1 aliphatic rings. The highest BCUT2D eigenvalue weighted by molar-refractivity contribution is 5.93. The zero-order valence-electron chi connectivity index (χ0n) is 15.7. The second-order valence-corrected chi connectivity index (χ2v) is 7.02. The Bertz CT molecular complexity index is 785. The Balaban J connectivity index is 1.46. The van der Waals surface area contributed by atoms with E-state index in [9.17, 15) is 9.59 Å². The average molecular weight is 370 g/mol. The lowest BCUT2D eigenvalue weighted by Gasteiger charge is -2.28. The Kier molecular flexibility index (Phi) is 6.24. The maximum atomic E-state index is 12.5. The summed E-state index contributed by atoms with van der Waals surface area (Å²) in [7, 11) is 0. The lowest BCUT2D eigenvalue weighted by atomic mass is 9.89. The molecule has 2 atom stereocenters. The second kappa shape index (κ2) is 8.81. The molecular formula is C20H26N4O3. The number of piperidine rings is 1. The fourth-order valence-electron chi connectivity index (χ4n) is 3.20. The molecular weight excluding hydrogens is 344 g/mol. The molecule has 1 saturated heterocycles. The van der Waals surface area contributed by atoms with Crippen LogP contribution in [0.1, 0.15) is 23.6 Å². The van der Waals surface area contributed by atoms with Gasteiger partial charge in [0.1, 0.15) is 11.5 Å². The van der Waals surface area contributed by atoms with Gasteiger partial charge in [-0.3, -0.25) is 14.6 Å². The predicted molar refractivity (Wildman–Crippen MR) is 102 cm³/mol. The summed E-state index contributed by atoms with van der Waals surface area (Å²) in [6, 6.07) is 7.52. The summed E-state index contributed by atoms with van der Waals surface area (Å²) in [6.07, 6.45) is 2.83. The highest BCUT2D eigenvalue weighted by Crippen LogP contribution is 2.19. The molecule has 3 rings (SSSR count). The number of aromatic nitrogens is 1. The Morgan fingerprint density at radius 3 is 2.59 bits per heavy atom. The van der Waals surface area contributed by atoms with Gasteiger partial charge in [0.25, 0.3) is 0 Å². The van der Waals surface area contributed by atoms with Gasteiger partial charge in [0, 0.05) is 31.7 Å². The number of carbonyl (C=O) groups excluding carboxylic acids is 2. The summed E-state index contributed by atoms with van der Waals surface area (Å²) in [4.78, 5) is 29.1. The van der Waals surface area contributed by atoms with Crippen LogP contribution in [0, 0.1) is 25.7 Å². The third kappa shape index (κ3) is 5.40. The van der Waals surface area contributed by atoms with Gasteiger partial charge in [-0.25, -0.2) is 0 Å². The smallest absolute Gasteiger partial charge is 0.228 e. The molecule has 1 fully saturated rings. The molecule has 0 saturated carbocycles. The number of pyridine rings is 1. The van der Waals surface area contributed by atoms with Crippen LogP contribution < -0.4 is 16.0 Å². The number of hydrogen-bond acceptors (Lipinski definition) is 5. The molecule has 144 valence electrons. The van der Waals surface area contributed by atoms with Crippen LogP contribution in [0.3, 0.4) is 0 Å². The first-order valence-corrected chi connectivity index (χ1v) is 9.28.